The summed E-state index contributed by atoms with van der Waals surface area (Å²) in [5.74, 6) is 2.08. The van der Waals surface area contributed by atoms with E-state index in [9.17, 15) is 9.18 Å². The fourth-order valence-corrected chi connectivity index (χ4v) is 1.39. The number of rotatable bonds is 0. The van der Waals surface area contributed by atoms with Crippen molar-refractivity contribution < 1.29 is 13.9 Å². The number of hydrogen-bond acceptors (Lipinski definition) is 3. The molecule has 0 radical (unpaired) electrons. The molecule has 0 aromatic heterocycles. The third-order valence-electron chi connectivity index (χ3n) is 2.06. The summed E-state index contributed by atoms with van der Waals surface area (Å²) >= 11 is 0. The topological polar surface area (TPSA) is 29.5 Å². The molecule has 0 saturated carbocycles. The van der Waals surface area contributed by atoms with Crippen LogP contribution in [-0.2, 0) is 4.79 Å². The van der Waals surface area contributed by atoms with Crippen molar-refractivity contribution in [3.05, 3.63) is 29.8 Å². The summed E-state index contributed by atoms with van der Waals surface area (Å²) in [6.07, 6.45) is 0. The molecule has 2 rings (SSSR count). The van der Waals surface area contributed by atoms with Gasteiger partial charge in [-0.1, -0.05) is 0 Å². The molecule has 0 spiro atoms. The number of likely N-dealkylation sites (N-methyl/N-ethyl adjacent to an activating group) is 1. The Morgan fingerprint density at radius 3 is 3.07 bits per heavy atom. The Morgan fingerprint density at radius 1 is 1.57 bits per heavy atom. The fourth-order valence-electron chi connectivity index (χ4n) is 1.39. The van der Waals surface area contributed by atoms with Crippen LogP contribution in [0.1, 0.15) is 0 Å². The van der Waals surface area contributed by atoms with E-state index in [4.69, 9.17) is 4.74 Å². The number of fused-ring (bicyclic) bond motifs is 1. The molecule has 0 bridgehead atoms. The number of anilines is 1. The number of hydrogen-bond donors (Lipinski definition) is 0. The Bertz CT molecular complexity index is 424. The predicted octanol–water partition coefficient (Wildman–Crippen LogP) is 1.37. The maximum absolute atomic E-state index is 12.9. The SMILES string of the molecule is CN1CC(=C=O)Oc2ccc(F)cc21. The van der Waals surface area contributed by atoms with Crippen LogP contribution in [0.4, 0.5) is 10.1 Å². The lowest BCUT2D eigenvalue weighted by molar-refractivity contribution is 0.399. The number of ether oxygens (including phenoxy) is 1. The van der Waals surface area contributed by atoms with Crippen molar-refractivity contribution in [1.29, 1.82) is 0 Å². The van der Waals surface area contributed by atoms with E-state index in [0.717, 1.165) is 0 Å². The largest absolute Gasteiger partial charge is 0.446 e. The highest BCUT2D eigenvalue weighted by molar-refractivity contribution is 5.65. The summed E-state index contributed by atoms with van der Waals surface area (Å²) in [6, 6.07) is 4.16. The van der Waals surface area contributed by atoms with E-state index in [1.807, 2.05) is 0 Å². The second-order valence-corrected chi connectivity index (χ2v) is 3.10. The third-order valence-corrected chi connectivity index (χ3v) is 2.06. The van der Waals surface area contributed by atoms with Crippen molar-refractivity contribution >= 4 is 11.6 Å². The maximum Gasteiger partial charge on any atom is 0.206 e. The van der Waals surface area contributed by atoms with Gasteiger partial charge in [0.25, 0.3) is 0 Å². The van der Waals surface area contributed by atoms with E-state index in [0.29, 0.717) is 18.0 Å². The molecule has 0 amide bonds. The average molecular weight is 193 g/mol. The Kier molecular flexibility index (Phi) is 1.98. The van der Waals surface area contributed by atoms with Gasteiger partial charge in [0.05, 0.1) is 12.2 Å². The lowest BCUT2D eigenvalue weighted by Gasteiger charge is -2.27. The van der Waals surface area contributed by atoms with Crippen LogP contribution >= 0.6 is 0 Å². The summed E-state index contributed by atoms with van der Waals surface area (Å²) in [7, 11) is 1.76. The molecule has 1 aliphatic rings. The Hall–Kier alpha value is -1.80. The smallest absolute Gasteiger partial charge is 0.206 e. The van der Waals surface area contributed by atoms with Crippen molar-refractivity contribution in [3.63, 3.8) is 0 Å². The van der Waals surface area contributed by atoms with Crippen LogP contribution in [0.25, 0.3) is 0 Å². The molecule has 0 fully saturated rings. The van der Waals surface area contributed by atoms with Crippen LogP contribution in [0.3, 0.4) is 0 Å². The van der Waals surface area contributed by atoms with Gasteiger partial charge < -0.3 is 9.64 Å². The lowest BCUT2D eigenvalue weighted by atomic mass is 10.2. The molecule has 3 nitrogen and oxygen atoms in total. The summed E-state index contributed by atoms with van der Waals surface area (Å²) in [4.78, 5) is 12.1. The molecule has 0 unspecified atom stereocenters. The molecule has 1 aromatic rings. The normalized spacial score (nSPS) is 14.4. The molecule has 72 valence electrons. The Balaban J connectivity index is 2.50. The predicted molar refractivity (Wildman–Crippen MR) is 49.5 cm³/mol. The molecular formula is C10H8FNO2. The van der Waals surface area contributed by atoms with Crippen LogP contribution in [0.15, 0.2) is 24.0 Å². The van der Waals surface area contributed by atoms with Crippen LogP contribution in [-0.4, -0.2) is 19.5 Å². The number of benzene rings is 1. The first-order chi connectivity index (χ1) is 6.70. The molecule has 0 saturated heterocycles. The van der Waals surface area contributed by atoms with Crippen LogP contribution in [0.2, 0.25) is 0 Å². The highest BCUT2D eigenvalue weighted by Crippen LogP contribution is 2.33. The molecule has 0 aliphatic carbocycles. The highest BCUT2D eigenvalue weighted by atomic mass is 19.1. The zero-order valence-electron chi connectivity index (χ0n) is 7.58. The molecule has 4 heteroatoms. The van der Waals surface area contributed by atoms with Gasteiger partial charge in [0.1, 0.15) is 5.82 Å². The van der Waals surface area contributed by atoms with Crippen LogP contribution < -0.4 is 9.64 Å². The van der Waals surface area contributed by atoms with Crippen molar-refractivity contribution in [2.45, 2.75) is 0 Å². The van der Waals surface area contributed by atoms with Gasteiger partial charge in [0.2, 0.25) is 5.76 Å². The van der Waals surface area contributed by atoms with Gasteiger partial charge >= 0.3 is 0 Å². The zero-order chi connectivity index (χ0) is 10.1. The van der Waals surface area contributed by atoms with E-state index in [1.54, 1.807) is 17.9 Å². The quantitative estimate of drug-likeness (QED) is 0.583. The van der Waals surface area contributed by atoms with Crippen molar-refractivity contribution in [2.24, 2.45) is 0 Å². The van der Waals surface area contributed by atoms with Crippen LogP contribution in [0, 0.1) is 5.82 Å². The summed E-state index contributed by atoms with van der Waals surface area (Å²) in [5, 5.41) is 0. The molecule has 14 heavy (non-hydrogen) atoms. The summed E-state index contributed by atoms with van der Waals surface area (Å²) in [6.45, 7) is 0.319. The second kappa shape index (κ2) is 3.16. The Morgan fingerprint density at radius 2 is 2.36 bits per heavy atom. The second-order valence-electron chi connectivity index (χ2n) is 3.10. The summed E-state index contributed by atoms with van der Waals surface area (Å²) < 4.78 is 18.1. The van der Waals surface area contributed by atoms with Gasteiger partial charge in [-0.25, -0.2) is 9.18 Å². The summed E-state index contributed by atoms with van der Waals surface area (Å²) in [5.41, 5.74) is 0.643. The van der Waals surface area contributed by atoms with E-state index in [1.165, 1.54) is 18.2 Å². The lowest BCUT2D eigenvalue weighted by Crippen LogP contribution is -2.27. The first-order valence-corrected chi connectivity index (χ1v) is 4.13. The average Bonchev–Trinajstić information content (AvgIpc) is 2.19. The monoisotopic (exact) mass is 193 g/mol. The number of halogens is 1. The van der Waals surface area contributed by atoms with Gasteiger partial charge in [-0.3, -0.25) is 0 Å². The number of nitrogens with zero attached hydrogens (tertiary/aromatic N) is 1. The van der Waals surface area contributed by atoms with Crippen molar-refractivity contribution in [1.82, 2.24) is 0 Å². The van der Waals surface area contributed by atoms with E-state index in [2.05, 4.69) is 0 Å². The first-order valence-electron chi connectivity index (χ1n) is 4.13. The van der Waals surface area contributed by atoms with Gasteiger partial charge in [0, 0.05) is 13.1 Å². The van der Waals surface area contributed by atoms with Crippen LogP contribution in [0.5, 0.6) is 5.75 Å². The van der Waals surface area contributed by atoms with E-state index in [-0.39, 0.29) is 11.6 Å². The standard InChI is InChI=1S/C10H8FNO2/c1-12-5-8(6-13)14-10-3-2-7(11)4-9(10)12/h2-4H,5H2,1H3. The minimum atomic E-state index is -0.322. The fraction of sp³-hybridized carbons (Fsp3) is 0.200. The van der Waals surface area contributed by atoms with E-state index < -0.39 is 0 Å². The van der Waals surface area contributed by atoms with Gasteiger partial charge in [0.15, 0.2) is 11.7 Å². The highest BCUT2D eigenvalue weighted by Gasteiger charge is 2.19. The zero-order valence-corrected chi connectivity index (χ0v) is 7.58. The minimum Gasteiger partial charge on any atom is -0.446 e. The molecule has 1 aromatic carbocycles. The molecule has 1 heterocycles. The minimum absolute atomic E-state index is 0.214. The first kappa shape index (κ1) is 8.78. The molecular weight excluding hydrogens is 185 g/mol. The third kappa shape index (κ3) is 1.36. The molecule has 1 aliphatic heterocycles. The maximum atomic E-state index is 12.9. The Labute approximate surface area is 80.4 Å². The number of carbonyl (C=O) groups excluding carboxylic acids is 1. The van der Waals surface area contributed by atoms with Gasteiger partial charge in [-0.05, 0) is 12.1 Å². The van der Waals surface area contributed by atoms with Crippen molar-refractivity contribution in [2.75, 3.05) is 18.5 Å². The van der Waals surface area contributed by atoms with Gasteiger partial charge in [-0.2, -0.15) is 0 Å². The molecule has 0 N–H and O–H groups in total. The van der Waals surface area contributed by atoms with E-state index >= 15 is 0 Å². The molecule has 0 atom stereocenters. The van der Waals surface area contributed by atoms with Gasteiger partial charge in [-0.15, -0.1) is 0 Å². The van der Waals surface area contributed by atoms with Crippen molar-refractivity contribution in [3.8, 4) is 5.75 Å².